The van der Waals surface area contributed by atoms with Crippen LogP contribution >= 0.6 is 12.6 Å². The quantitative estimate of drug-likeness (QED) is 0.751. The molecule has 0 bridgehead atoms. The van der Waals surface area contributed by atoms with Crippen LogP contribution in [0.25, 0.3) is 0 Å². The Labute approximate surface area is 126 Å². The molecule has 0 aromatic heterocycles. The molecule has 1 aliphatic heterocycles. The van der Waals surface area contributed by atoms with Crippen LogP contribution in [0.3, 0.4) is 0 Å². The number of thiol groups is 1. The van der Waals surface area contributed by atoms with Gasteiger partial charge in [-0.05, 0) is 38.6 Å². The molecule has 0 radical (unpaired) electrons. The molecular formula is C16H34N2S. The maximum absolute atomic E-state index is 4.50. The van der Waals surface area contributed by atoms with Gasteiger partial charge < -0.3 is 5.32 Å². The van der Waals surface area contributed by atoms with E-state index in [1.807, 2.05) is 0 Å². The smallest absolute Gasteiger partial charge is 0.0280 e. The van der Waals surface area contributed by atoms with E-state index < -0.39 is 0 Å². The molecule has 2 atom stereocenters. The first kappa shape index (κ1) is 17.3. The summed E-state index contributed by atoms with van der Waals surface area (Å²) in [6, 6.07) is 0.569. The third-order valence-corrected chi connectivity index (χ3v) is 5.12. The van der Waals surface area contributed by atoms with Gasteiger partial charge in [0.25, 0.3) is 0 Å². The Morgan fingerprint density at radius 2 is 2.00 bits per heavy atom. The van der Waals surface area contributed by atoms with E-state index in [4.69, 9.17) is 0 Å². The first-order valence-corrected chi connectivity index (χ1v) is 8.55. The second-order valence-corrected chi connectivity index (χ2v) is 7.80. The molecule has 0 saturated carbocycles. The summed E-state index contributed by atoms with van der Waals surface area (Å²) in [7, 11) is 0. The van der Waals surface area contributed by atoms with Crippen LogP contribution < -0.4 is 5.32 Å². The average Bonchev–Trinajstić information content (AvgIpc) is 2.37. The molecule has 0 amide bonds. The molecule has 1 saturated heterocycles. The molecule has 19 heavy (non-hydrogen) atoms. The third-order valence-electron chi connectivity index (χ3n) is 4.59. The summed E-state index contributed by atoms with van der Waals surface area (Å²) in [4.78, 5) is 2.64. The van der Waals surface area contributed by atoms with E-state index in [2.05, 4.69) is 57.5 Å². The number of unbranched alkanes of at least 4 members (excludes halogenated alkanes) is 1. The Morgan fingerprint density at radius 3 is 2.58 bits per heavy atom. The van der Waals surface area contributed by atoms with Gasteiger partial charge in [0.15, 0.2) is 0 Å². The van der Waals surface area contributed by atoms with Gasteiger partial charge in [-0.15, -0.1) is 0 Å². The van der Waals surface area contributed by atoms with Crippen molar-refractivity contribution in [1.82, 2.24) is 10.2 Å². The molecule has 3 heteroatoms. The van der Waals surface area contributed by atoms with Gasteiger partial charge in [-0.25, -0.2) is 0 Å². The normalized spacial score (nSPS) is 30.6. The summed E-state index contributed by atoms with van der Waals surface area (Å²) < 4.78 is 0. The monoisotopic (exact) mass is 286 g/mol. The zero-order valence-electron chi connectivity index (χ0n) is 13.6. The van der Waals surface area contributed by atoms with E-state index in [9.17, 15) is 0 Å². The number of nitrogens with zero attached hydrogens (tertiary/aromatic N) is 1. The van der Waals surface area contributed by atoms with Crippen LogP contribution in [0.5, 0.6) is 0 Å². The Morgan fingerprint density at radius 1 is 1.32 bits per heavy atom. The lowest BCUT2D eigenvalue weighted by Gasteiger charge is -2.45. The first-order valence-electron chi connectivity index (χ1n) is 7.92. The molecule has 1 rings (SSSR count). The topological polar surface area (TPSA) is 15.3 Å². The van der Waals surface area contributed by atoms with Crippen molar-refractivity contribution >= 4 is 12.6 Å². The van der Waals surface area contributed by atoms with Crippen LogP contribution in [-0.2, 0) is 0 Å². The Hall–Kier alpha value is 0.270. The molecule has 0 aromatic rings. The van der Waals surface area contributed by atoms with Gasteiger partial charge in [0.05, 0.1) is 0 Å². The summed E-state index contributed by atoms with van der Waals surface area (Å²) in [5.41, 5.74) is 0.646. The predicted molar refractivity (Wildman–Crippen MR) is 89.2 cm³/mol. The molecule has 0 aromatic carbocycles. The second-order valence-electron chi connectivity index (χ2n) is 7.43. The summed E-state index contributed by atoms with van der Waals surface area (Å²) in [6.45, 7) is 15.3. The van der Waals surface area contributed by atoms with E-state index >= 15 is 0 Å². The van der Waals surface area contributed by atoms with Gasteiger partial charge in [-0.3, -0.25) is 4.90 Å². The van der Waals surface area contributed by atoms with Crippen LogP contribution in [0, 0.1) is 5.41 Å². The average molecular weight is 287 g/mol. The van der Waals surface area contributed by atoms with E-state index in [1.165, 1.54) is 32.2 Å². The summed E-state index contributed by atoms with van der Waals surface area (Å²) >= 11 is 4.50. The van der Waals surface area contributed by atoms with Crippen LogP contribution in [-0.4, -0.2) is 41.9 Å². The molecule has 1 N–H and O–H groups in total. The minimum atomic E-state index is 0.255. The van der Waals surface area contributed by atoms with Crippen molar-refractivity contribution in [1.29, 1.82) is 0 Å². The van der Waals surface area contributed by atoms with Crippen LogP contribution in [0.1, 0.15) is 60.3 Å². The van der Waals surface area contributed by atoms with Gasteiger partial charge in [0.1, 0.15) is 0 Å². The highest BCUT2D eigenvalue weighted by atomic mass is 32.1. The fourth-order valence-corrected chi connectivity index (χ4v) is 3.03. The van der Waals surface area contributed by atoms with Crippen molar-refractivity contribution in [2.45, 2.75) is 71.9 Å². The SMILES string of the molecule is CCCC[C@]1(C)CN(C(C)CS)CCC(C)(C)CN1. The third kappa shape index (κ3) is 5.65. The van der Waals surface area contributed by atoms with Crippen molar-refractivity contribution in [2.24, 2.45) is 5.41 Å². The maximum atomic E-state index is 4.50. The van der Waals surface area contributed by atoms with Gasteiger partial charge in [0.2, 0.25) is 0 Å². The van der Waals surface area contributed by atoms with Crippen LogP contribution in [0.4, 0.5) is 0 Å². The molecule has 1 heterocycles. The maximum Gasteiger partial charge on any atom is 0.0280 e. The highest BCUT2D eigenvalue weighted by Gasteiger charge is 2.33. The van der Waals surface area contributed by atoms with E-state index in [1.54, 1.807) is 0 Å². The second kappa shape index (κ2) is 7.33. The Bertz CT molecular complexity index is 267. The Balaban J connectivity index is 2.78. The lowest BCUT2D eigenvalue weighted by molar-refractivity contribution is 0.0951. The fraction of sp³-hybridized carbons (Fsp3) is 1.00. The number of hydrogen-bond acceptors (Lipinski definition) is 3. The van der Waals surface area contributed by atoms with Crippen LogP contribution in [0.2, 0.25) is 0 Å². The molecular weight excluding hydrogens is 252 g/mol. The van der Waals surface area contributed by atoms with E-state index in [-0.39, 0.29) is 5.54 Å². The highest BCUT2D eigenvalue weighted by molar-refractivity contribution is 7.80. The number of nitrogens with one attached hydrogen (secondary N) is 1. The largest absolute Gasteiger partial charge is 0.310 e. The summed E-state index contributed by atoms with van der Waals surface area (Å²) in [5, 5.41) is 3.87. The molecule has 114 valence electrons. The standard InChI is InChI=1S/C16H34N2S/c1-6-7-8-16(5)13-18(14(2)11-19)10-9-15(3,4)12-17-16/h14,17,19H,6-13H2,1-5H3/t14?,16-/m1/s1. The molecule has 1 fully saturated rings. The predicted octanol–water partition coefficient (Wildman–Crippen LogP) is 3.58. The fourth-order valence-electron chi connectivity index (χ4n) is 2.80. The molecule has 1 aliphatic rings. The van der Waals surface area contributed by atoms with Gasteiger partial charge in [-0.2, -0.15) is 12.6 Å². The zero-order chi connectivity index (χ0) is 14.5. The molecule has 0 spiro atoms. The molecule has 0 aliphatic carbocycles. The molecule has 1 unspecified atom stereocenters. The Kier molecular flexibility index (Phi) is 6.68. The lowest BCUT2D eigenvalue weighted by Crippen LogP contribution is -2.58. The zero-order valence-corrected chi connectivity index (χ0v) is 14.5. The number of rotatable bonds is 5. The van der Waals surface area contributed by atoms with Gasteiger partial charge in [-0.1, -0.05) is 33.6 Å². The summed E-state index contributed by atoms with van der Waals surface area (Å²) in [6.07, 6.45) is 5.13. The minimum absolute atomic E-state index is 0.255. The van der Waals surface area contributed by atoms with Gasteiger partial charge >= 0.3 is 0 Å². The van der Waals surface area contributed by atoms with Crippen molar-refractivity contribution in [2.75, 3.05) is 25.4 Å². The number of hydrogen-bond donors (Lipinski definition) is 2. The summed E-state index contributed by atoms with van der Waals surface area (Å²) in [5.74, 6) is 0.949. The van der Waals surface area contributed by atoms with Crippen molar-refractivity contribution in [3.8, 4) is 0 Å². The first-order chi connectivity index (χ1) is 8.82. The van der Waals surface area contributed by atoms with E-state index in [0.29, 0.717) is 11.5 Å². The molecule has 2 nitrogen and oxygen atoms in total. The lowest BCUT2D eigenvalue weighted by atomic mass is 9.84. The van der Waals surface area contributed by atoms with Crippen molar-refractivity contribution < 1.29 is 0 Å². The minimum Gasteiger partial charge on any atom is -0.310 e. The van der Waals surface area contributed by atoms with Gasteiger partial charge in [0, 0.05) is 30.4 Å². The van der Waals surface area contributed by atoms with E-state index in [0.717, 1.165) is 18.8 Å². The highest BCUT2D eigenvalue weighted by Crippen LogP contribution is 2.27. The van der Waals surface area contributed by atoms with Crippen molar-refractivity contribution in [3.63, 3.8) is 0 Å². The van der Waals surface area contributed by atoms with Crippen molar-refractivity contribution in [3.05, 3.63) is 0 Å². The van der Waals surface area contributed by atoms with Crippen LogP contribution in [0.15, 0.2) is 0 Å².